The lowest BCUT2D eigenvalue weighted by atomic mass is 10.0. The number of aliphatic carboxylic acids is 2. The van der Waals surface area contributed by atoms with Gasteiger partial charge in [-0.2, -0.15) is 0 Å². The van der Waals surface area contributed by atoms with Crippen molar-refractivity contribution >= 4 is 52.4 Å². The van der Waals surface area contributed by atoms with E-state index < -0.39 is 85.2 Å². The zero-order valence-corrected chi connectivity index (χ0v) is 25.3. The Morgan fingerprint density at radius 3 is 2.09 bits per heavy atom. The molecule has 1 aromatic heterocycles. The monoisotopic (exact) mass is 631 g/mol. The molecule has 4 atom stereocenters. The van der Waals surface area contributed by atoms with Crippen LogP contribution in [0.5, 0.6) is 0 Å². The number of hydrogen-bond acceptors (Lipinski definition) is 8. The van der Waals surface area contributed by atoms with Gasteiger partial charge in [-0.15, -0.1) is 0 Å². The molecule has 0 spiro atoms. The Morgan fingerprint density at radius 1 is 0.800 bits per heavy atom. The number of nitrogens with two attached hydrogens (primary N) is 1. The van der Waals surface area contributed by atoms with E-state index in [2.05, 4.69) is 31.6 Å². The van der Waals surface area contributed by atoms with Crippen LogP contribution in [-0.2, 0) is 40.0 Å². The third-order valence-corrected chi connectivity index (χ3v) is 6.68. The second-order valence-corrected chi connectivity index (χ2v) is 11.0. The van der Waals surface area contributed by atoms with Gasteiger partial charge in [-0.3, -0.25) is 33.6 Å². The number of aromatic nitrogens is 1. The first kappa shape index (κ1) is 36.2. The van der Waals surface area contributed by atoms with Crippen LogP contribution in [0.15, 0.2) is 30.5 Å². The Labute approximate surface area is 259 Å². The van der Waals surface area contributed by atoms with Gasteiger partial charge in [0.2, 0.25) is 29.5 Å². The third kappa shape index (κ3) is 12.3. The molecule has 45 heavy (non-hydrogen) atoms. The maximum atomic E-state index is 13.3. The fourth-order valence-electron chi connectivity index (χ4n) is 4.36. The number of aromatic amines is 1. The highest BCUT2D eigenvalue weighted by atomic mass is 16.4. The summed E-state index contributed by atoms with van der Waals surface area (Å²) in [6, 6.07) is 2.84. The molecule has 16 nitrogen and oxygen atoms in total. The number of H-pyrrole nitrogens is 1. The summed E-state index contributed by atoms with van der Waals surface area (Å²) >= 11 is 0. The second-order valence-electron chi connectivity index (χ2n) is 11.0. The van der Waals surface area contributed by atoms with E-state index in [1.165, 1.54) is 6.92 Å². The van der Waals surface area contributed by atoms with Crippen molar-refractivity contribution in [2.45, 2.75) is 70.6 Å². The number of para-hydroxylation sites is 1. The van der Waals surface area contributed by atoms with Crippen molar-refractivity contribution in [2.24, 2.45) is 11.7 Å². The quantitative estimate of drug-likeness (QED) is 0.0943. The summed E-state index contributed by atoms with van der Waals surface area (Å²) in [5.74, 6) is -6.31. The maximum Gasteiger partial charge on any atom is 0.322 e. The smallest absolute Gasteiger partial charge is 0.322 e. The molecule has 0 fully saturated rings. The molecule has 2 aromatic rings. The Morgan fingerprint density at radius 2 is 1.44 bits per heavy atom. The number of amides is 5. The zero-order valence-electron chi connectivity index (χ0n) is 25.3. The number of nitrogens with one attached hydrogen (secondary N) is 6. The summed E-state index contributed by atoms with van der Waals surface area (Å²) in [4.78, 5) is 88.3. The molecule has 0 saturated heterocycles. The maximum absolute atomic E-state index is 13.3. The molecular weight excluding hydrogens is 590 g/mol. The Balaban J connectivity index is 2.06. The summed E-state index contributed by atoms with van der Waals surface area (Å²) < 4.78 is 0. The largest absolute Gasteiger partial charge is 0.481 e. The summed E-state index contributed by atoms with van der Waals surface area (Å²) in [5, 5.41) is 30.5. The zero-order chi connectivity index (χ0) is 33.7. The molecule has 0 saturated carbocycles. The first-order valence-corrected chi connectivity index (χ1v) is 14.4. The first-order valence-electron chi connectivity index (χ1n) is 14.4. The molecule has 1 aromatic carbocycles. The van der Waals surface area contributed by atoms with Gasteiger partial charge < -0.3 is 47.5 Å². The number of carbonyl (C=O) groups is 7. The lowest BCUT2D eigenvalue weighted by molar-refractivity contribution is -0.139. The summed E-state index contributed by atoms with van der Waals surface area (Å²) in [6.07, 6.45) is 1.34. The van der Waals surface area contributed by atoms with Crippen LogP contribution in [0.3, 0.4) is 0 Å². The predicted molar refractivity (Wildman–Crippen MR) is 161 cm³/mol. The Bertz CT molecular complexity index is 1390. The Hall–Kier alpha value is -4.99. The highest BCUT2D eigenvalue weighted by Gasteiger charge is 2.30. The van der Waals surface area contributed by atoms with Crippen LogP contribution in [0.2, 0.25) is 0 Å². The van der Waals surface area contributed by atoms with Crippen LogP contribution in [0.1, 0.15) is 45.6 Å². The topological polar surface area (TPSA) is 262 Å². The van der Waals surface area contributed by atoms with Gasteiger partial charge in [-0.25, -0.2) is 0 Å². The van der Waals surface area contributed by atoms with Crippen molar-refractivity contribution < 1.29 is 43.8 Å². The minimum atomic E-state index is -1.38. The molecule has 0 aliphatic carbocycles. The number of benzene rings is 1. The van der Waals surface area contributed by atoms with Gasteiger partial charge in [-0.05, 0) is 43.7 Å². The normalized spacial score (nSPS) is 13.6. The fraction of sp³-hybridized carbons (Fsp3) is 0.483. The van der Waals surface area contributed by atoms with E-state index in [9.17, 15) is 38.7 Å². The van der Waals surface area contributed by atoms with Crippen LogP contribution in [0.25, 0.3) is 10.9 Å². The SMILES string of the molecule is CC(C)C[C@H](NC(=O)[C@@H](N)Cc1c[nH]c2ccccc12)C(=O)N[C@@H](CCC(=O)O)C(=O)N[C@@H](C)C(=O)NCC(=O)NCC(=O)O. The Kier molecular flexibility index (Phi) is 14.0. The number of rotatable bonds is 18. The van der Waals surface area contributed by atoms with Crippen molar-refractivity contribution in [3.8, 4) is 0 Å². The van der Waals surface area contributed by atoms with Gasteiger partial charge in [0.05, 0.1) is 12.6 Å². The molecule has 1 heterocycles. The third-order valence-electron chi connectivity index (χ3n) is 6.68. The minimum Gasteiger partial charge on any atom is -0.481 e. The van der Waals surface area contributed by atoms with Crippen molar-refractivity contribution in [3.63, 3.8) is 0 Å². The van der Waals surface area contributed by atoms with Crippen LogP contribution < -0.4 is 32.3 Å². The highest BCUT2D eigenvalue weighted by Crippen LogP contribution is 2.19. The molecule has 0 aliphatic heterocycles. The van der Waals surface area contributed by atoms with Gasteiger partial charge in [-0.1, -0.05) is 32.0 Å². The van der Waals surface area contributed by atoms with Crippen molar-refractivity contribution in [2.75, 3.05) is 13.1 Å². The molecule has 246 valence electrons. The van der Waals surface area contributed by atoms with Crippen LogP contribution in [-0.4, -0.2) is 93.9 Å². The number of carboxylic acids is 2. The summed E-state index contributed by atoms with van der Waals surface area (Å²) in [7, 11) is 0. The van der Waals surface area contributed by atoms with Gasteiger partial charge >= 0.3 is 11.9 Å². The second kappa shape index (κ2) is 17.3. The molecular formula is C29H41N7O9. The van der Waals surface area contributed by atoms with Gasteiger partial charge in [0, 0.05) is 23.5 Å². The molecule has 0 aliphatic rings. The van der Waals surface area contributed by atoms with E-state index in [-0.39, 0.29) is 25.2 Å². The molecule has 10 N–H and O–H groups in total. The average molecular weight is 632 g/mol. The van der Waals surface area contributed by atoms with E-state index in [1.54, 1.807) is 6.20 Å². The fourth-order valence-corrected chi connectivity index (χ4v) is 4.36. The van der Waals surface area contributed by atoms with Gasteiger partial charge in [0.15, 0.2) is 0 Å². The lowest BCUT2D eigenvalue weighted by Gasteiger charge is -2.26. The predicted octanol–water partition coefficient (Wildman–Crippen LogP) is -1.26. The van der Waals surface area contributed by atoms with Gasteiger partial charge in [0.1, 0.15) is 24.7 Å². The standard InChI is InChI=1S/C29H41N7O9/c1-15(2)10-22(36-27(43)19(30)11-17-12-31-20-7-5-4-6-18(17)20)29(45)35-21(8-9-24(38)39)28(44)34-16(3)26(42)33-13-23(37)32-14-25(40)41/h4-7,12,15-16,19,21-22,31H,8-11,13-14,30H2,1-3H3,(H,32,37)(H,33,42)(H,34,44)(H,35,45)(H,36,43)(H,38,39)(H,40,41)/t16-,19-,21-,22-/m0/s1. The number of carbonyl (C=O) groups excluding carboxylic acids is 5. The van der Waals surface area contributed by atoms with E-state index in [1.807, 2.05) is 38.1 Å². The first-order chi connectivity index (χ1) is 21.2. The summed E-state index contributed by atoms with van der Waals surface area (Å²) in [6.45, 7) is 3.77. The van der Waals surface area contributed by atoms with E-state index in [0.29, 0.717) is 0 Å². The van der Waals surface area contributed by atoms with Crippen molar-refractivity contribution in [3.05, 3.63) is 36.0 Å². The number of carboxylic acid groups (broad SMARTS) is 2. The summed E-state index contributed by atoms with van der Waals surface area (Å²) in [5.41, 5.74) is 7.90. The van der Waals surface area contributed by atoms with Crippen molar-refractivity contribution in [1.82, 2.24) is 31.6 Å². The van der Waals surface area contributed by atoms with E-state index >= 15 is 0 Å². The minimum absolute atomic E-state index is 0.0615. The number of hydrogen-bond donors (Lipinski definition) is 9. The van der Waals surface area contributed by atoms with Gasteiger partial charge in [0.25, 0.3) is 0 Å². The lowest BCUT2D eigenvalue weighted by Crippen LogP contribution is -2.58. The molecule has 0 bridgehead atoms. The van der Waals surface area contributed by atoms with E-state index in [4.69, 9.17) is 10.8 Å². The molecule has 0 unspecified atom stereocenters. The molecule has 0 radical (unpaired) electrons. The van der Waals surface area contributed by atoms with Crippen LogP contribution in [0.4, 0.5) is 0 Å². The van der Waals surface area contributed by atoms with Crippen LogP contribution in [0, 0.1) is 5.92 Å². The van der Waals surface area contributed by atoms with Crippen molar-refractivity contribution in [1.29, 1.82) is 0 Å². The average Bonchev–Trinajstić information content (AvgIpc) is 3.38. The number of fused-ring (bicyclic) bond motifs is 1. The van der Waals surface area contributed by atoms with E-state index in [0.717, 1.165) is 16.5 Å². The molecule has 2 rings (SSSR count). The molecule has 16 heteroatoms. The highest BCUT2D eigenvalue weighted by molar-refractivity contribution is 5.96. The molecule has 5 amide bonds. The van der Waals surface area contributed by atoms with Crippen LogP contribution >= 0.6 is 0 Å².